The maximum Gasteiger partial charge on any atom is 0.232 e. The fourth-order valence-electron chi connectivity index (χ4n) is 7.50. The molecule has 1 saturated carbocycles. The molecule has 2 N–H and O–H groups in total. The Balaban J connectivity index is 0.887. The van der Waals surface area contributed by atoms with Crippen LogP contribution in [0.3, 0.4) is 0 Å². The molecule has 1 atom stereocenters. The number of halogens is 2. The highest BCUT2D eigenvalue weighted by Gasteiger charge is 2.44. The number of anilines is 2. The summed E-state index contributed by atoms with van der Waals surface area (Å²) in [7, 11) is 0. The lowest BCUT2D eigenvalue weighted by Gasteiger charge is -2.39. The molecule has 3 fully saturated rings. The van der Waals surface area contributed by atoms with Crippen LogP contribution < -0.4 is 10.2 Å². The first-order valence-electron chi connectivity index (χ1n) is 17.9. The van der Waals surface area contributed by atoms with Crippen LogP contribution in [-0.4, -0.2) is 86.7 Å². The fraction of sp³-hybridized carbons (Fsp3) is 0.325. The van der Waals surface area contributed by atoms with E-state index in [2.05, 4.69) is 57.8 Å². The number of amides is 1. The van der Waals surface area contributed by atoms with Gasteiger partial charge in [-0.15, -0.1) is 0 Å². The van der Waals surface area contributed by atoms with Crippen molar-refractivity contribution in [1.29, 1.82) is 0 Å². The van der Waals surface area contributed by atoms with Crippen LogP contribution in [0.5, 0.6) is 0 Å². The summed E-state index contributed by atoms with van der Waals surface area (Å²) in [6.07, 6.45) is 9.44. The monoisotopic (exact) mass is 701 g/mol. The molecule has 2 aromatic carbocycles. The molecule has 52 heavy (non-hydrogen) atoms. The molecule has 1 aliphatic carbocycles. The molecule has 2 aliphatic heterocycles. The molecule has 0 radical (unpaired) electrons. The van der Waals surface area contributed by atoms with E-state index < -0.39 is 11.2 Å². The summed E-state index contributed by atoms with van der Waals surface area (Å²) in [6, 6.07) is 17.9. The Bertz CT molecular complexity index is 2100. The number of piperazine rings is 1. The normalized spacial score (nSPS) is 19.5. The summed E-state index contributed by atoms with van der Waals surface area (Å²) < 4.78 is 26.6. The van der Waals surface area contributed by atoms with Crippen molar-refractivity contribution in [3.63, 3.8) is 0 Å². The van der Waals surface area contributed by atoms with Crippen LogP contribution in [-0.2, 0) is 4.79 Å². The Kier molecular flexibility index (Phi) is 9.23. The first-order chi connectivity index (χ1) is 25.4. The Hall–Kier alpha value is -5.49. The number of hydrogen-bond acceptors (Lipinski definition) is 8. The minimum absolute atomic E-state index is 0.117. The number of carbonyl (C=O) groups is 1. The van der Waals surface area contributed by atoms with Gasteiger partial charge in [-0.2, -0.15) is 5.10 Å². The summed E-state index contributed by atoms with van der Waals surface area (Å²) in [5, 5.41) is 11.8. The van der Waals surface area contributed by atoms with Gasteiger partial charge < -0.3 is 15.1 Å². The summed E-state index contributed by atoms with van der Waals surface area (Å²) in [4.78, 5) is 33.6. The van der Waals surface area contributed by atoms with Gasteiger partial charge in [0.15, 0.2) is 11.6 Å². The number of allylic oxidation sites excluding steroid dienone is 1. The third kappa shape index (κ3) is 7.03. The van der Waals surface area contributed by atoms with Crippen LogP contribution in [0.1, 0.15) is 37.3 Å². The third-order valence-electron chi connectivity index (χ3n) is 10.6. The van der Waals surface area contributed by atoms with Crippen LogP contribution in [0.25, 0.3) is 33.5 Å². The van der Waals surface area contributed by atoms with E-state index in [4.69, 9.17) is 0 Å². The van der Waals surface area contributed by atoms with E-state index >= 15 is 0 Å². The van der Waals surface area contributed by atoms with E-state index in [1.165, 1.54) is 31.3 Å². The van der Waals surface area contributed by atoms with E-state index in [0.29, 0.717) is 56.2 Å². The van der Waals surface area contributed by atoms with Gasteiger partial charge in [0.05, 0.1) is 29.7 Å². The van der Waals surface area contributed by atoms with E-state index in [1.54, 1.807) is 0 Å². The number of H-pyrrole nitrogens is 1. The van der Waals surface area contributed by atoms with Gasteiger partial charge in [0, 0.05) is 90.7 Å². The quantitative estimate of drug-likeness (QED) is 0.153. The van der Waals surface area contributed by atoms with Crippen LogP contribution >= 0.6 is 0 Å². The maximum absolute atomic E-state index is 14.0. The molecule has 8 rings (SSSR count). The standard InChI is InChI=1S/C40H41F2N9O/c1-27(50-17-19-51(20-18-50)33-8-5-29(6-9-33)38-44-23-31(42)24-45-38)25-49-16-13-40(26-49,12-2-14-41)39(52)46-32-7-10-35-34(22-32)37(48-47-35)30-11-15-43-36(21-30)28-3-4-28/h2,5-11,14-15,21-24,28H,1,3-4,12-13,16-20,25-26H2,(H,46,52)(H,47,48)/b14-2-. The maximum atomic E-state index is 14.0. The second-order valence-electron chi connectivity index (χ2n) is 14.1. The Morgan fingerprint density at radius 3 is 2.52 bits per heavy atom. The highest BCUT2D eigenvalue weighted by atomic mass is 19.1. The van der Waals surface area contributed by atoms with Gasteiger partial charge in [0.25, 0.3) is 0 Å². The topological polar surface area (TPSA) is 106 Å². The molecular weight excluding hydrogens is 660 g/mol. The minimum atomic E-state index is -0.773. The molecule has 12 heteroatoms. The van der Waals surface area contributed by atoms with E-state index in [-0.39, 0.29) is 5.91 Å². The van der Waals surface area contributed by atoms with Crippen molar-refractivity contribution in [3.05, 3.63) is 109 Å². The molecular formula is C40H41F2N9O. The molecule has 1 amide bonds. The smallest absolute Gasteiger partial charge is 0.232 e. The van der Waals surface area contributed by atoms with Gasteiger partial charge in [-0.3, -0.25) is 19.8 Å². The molecule has 2 saturated heterocycles. The van der Waals surface area contributed by atoms with Crippen molar-refractivity contribution < 1.29 is 13.6 Å². The lowest BCUT2D eigenvalue weighted by Crippen LogP contribution is -2.47. The highest BCUT2D eigenvalue weighted by molar-refractivity contribution is 6.00. The molecule has 266 valence electrons. The van der Waals surface area contributed by atoms with E-state index in [0.717, 1.165) is 71.0 Å². The molecule has 1 unspecified atom stereocenters. The number of benzene rings is 2. The van der Waals surface area contributed by atoms with Crippen molar-refractivity contribution >= 4 is 28.2 Å². The zero-order valence-electron chi connectivity index (χ0n) is 28.9. The zero-order chi connectivity index (χ0) is 35.7. The average molecular weight is 702 g/mol. The number of aromatic nitrogens is 5. The van der Waals surface area contributed by atoms with Crippen molar-refractivity contribution in [2.24, 2.45) is 5.41 Å². The van der Waals surface area contributed by atoms with E-state index in [9.17, 15) is 13.6 Å². The molecule has 3 aliphatic rings. The number of hydrogen-bond donors (Lipinski definition) is 2. The summed E-state index contributed by atoms with van der Waals surface area (Å²) >= 11 is 0. The molecule has 5 aromatic rings. The van der Waals surface area contributed by atoms with Gasteiger partial charge >= 0.3 is 0 Å². The van der Waals surface area contributed by atoms with Gasteiger partial charge in [-0.1, -0.05) is 12.7 Å². The predicted octanol–water partition coefficient (Wildman–Crippen LogP) is 6.94. The second-order valence-corrected chi connectivity index (χ2v) is 14.1. The zero-order valence-corrected chi connectivity index (χ0v) is 28.9. The summed E-state index contributed by atoms with van der Waals surface area (Å²) in [6.45, 7) is 9.61. The Labute approximate surface area is 301 Å². The first kappa shape index (κ1) is 33.6. The predicted molar refractivity (Wildman–Crippen MR) is 199 cm³/mol. The summed E-state index contributed by atoms with van der Waals surface area (Å²) in [5.74, 6) is 0.450. The van der Waals surface area contributed by atoms with Crippen LogP contribution in [0.4, 0.5) is 20.2 Å². The Morgan fingerprint density at radius 1 is 0.981 bits per heavy atom. The number of carbonyl (C=O) groups excluding carboxylic acids is 1. The van der Waals surface area contributed by atoms with Crippen molar-refractivity contribution in [3.8, 4) is 22.6 Å². The molecule has 3 aromatic heterocycles. The van der Waals surface area contributed by atoms with Crippen molar-refractivity contribution in [2.75, 3.05) is 56.0 Å². The van der Waals surface area contributed by atoms with Crippen LogP contribution in [0.15, 0.2) is 97.9 Å². The van der Waals surface area contributed by atoms with Crippen molar-refractivity contribution in [1.82, 2.24) is 34.9 Å². The highest BCUT2D eigenvalue weighted by Crippen LogP contribution is 2.41. The summed E-state index contributed by atoms with van der Waals surface area (Å²) in [5.41, 5.74) is 6.67. The molecule has 0 bridgehead atoms. The second kappa shape index (κ2) is 14.3. The van der Waals surface area contributed by atoms with Gasteiger partial charge in [0.1, 0.15) is 5.69 Å². The first-order valence-corrected chi connectivity index (χ1v) is 17.9. The van der Waals surface area contributed by atoms with E-state index in [1.807, 2.05) is 54.7 Å². The number of rotatable bonds is 11. The Morgan fingerprint density at radius 2 is 1.77 bits per heavy atom. The molecule has 5 heterocycles. The number of likely N-dealkylation sites (tertiary alicyclic amines) is 1. The number of nitrogens with one attached hydrogen (secondary N) is 2. The van der Waals surface area contributed by atoms with Crippen molar-refractivity contribution in [2.45, 2.75) is 31.6 Å². The average Bonchev–Trinajstić information content (AvgIpc) is 3.82. The largest absolute Gasteiger partial charge is 0.371 e. The van der Waals surface area contributed by atoms with Gasteiger partial charge in [0.2, 0.25) is 5.91 Å². The van der Waals surface area contributed by atoms with Gasteiger partial charge in [-0.05, 0) is 86.8 Å². The van der Waals surface area contributed by atoms with Crippen LogP contribution in [0.2, 0.25) is 0 Å². The SMILES string of the molecule is C=C(CN1CCC(C/C=C\F)(C(=O)Nc2ccc3[nH]nc(-c4ccnc(C5CC5)c4)c3c2)C1)N1CCN(c2ccc(-c3ncc(F)cn3)cc2)CC1. The van der Waals surface area contributed by atoms with Crippen LogP contribution in [0, 0.1) is 11.2 Å². The number of aromatic amines is 1. The number of fused-ring (bicyclic) bond motifs is 1. The lowest BCUT2D eigenvalue weighted by molar-refractivity contribution is -0.124. The molecule has 0 spiro atoms. The van der Waals surface area contributed by atoms with Gasteiger partial charge in [-0.25, -0.2) is 18.7 Å². The third-order valence-corrected chi connectivity index (χ3v) is 10.6. The lowest BCUT2D eigenvalue weighted by atomic mass is 9.82. The minimum Gasteiger partial charge on any atom is -0.371 e. The fourth-order valence-corrected chi connectivity index (χ4v) is 7.50. The number of nitrogens with zero attached hydrogens (tertiary/aromatic N) is 7. The number of pyridine rings is 1. The molecule has 10 nitrogen and oxygen atoms in total.